The second-order valence-corrected chi connectivity index (χ2v) is 13.4. The molecule has 1 aliphatic carbocycles. The van der Waals surface area contributed by atoms with Gasteiger partial charge in [0.05, 0.1) is 17.3 Å². The predicted molar refractivity (Wildman–Crippen MR) is 155 cm³/mol. The number of ether oxygens (including phenoxy) is 1. The molecule has 2 N–H and O–H groups in total. The van der Waals surface area contributed by atoms with E-state index in [0.29, 0.717) is 22.9 Å². The van der Waals surface area contributed by atoms with Gasteiger partial charge >= 0.3 is 0 Å². The Morgan fingerprint density at radius 2 is 1.85 bits per heavy atom. The summed E-state index contributed by atoms with van der Waals surface area (Å²) >= 11 is 2.89. The average molecular weight is 593 g/mol. The van der Waals surface area contributed by atoms with Crippen LogP contribution in [-0.4, -0.2) is 56.7 Å². The van der Waals surface area contributed by atoms with Gasteiger partial charge in [-0.05, 0) is 87.1 Å². The van der Waals surface area contributed by atoms with E-state index in [1.165, 1.54) is 18.9 Å². The molecule has 212 valence electrons. The van der Waals surface area contributed by atoms with Gasteiger partial charge in [0.25, 0.3) is 0 Å². The minimum atomic E-state index is -3.81. The van der Waals surface area contributed by atoms with Crippen molar-refractivity contribution >= 4 is 50.3 Å². The van der Waals surface area contributed by atoms with E-state index in [-0.39, 0.29) is 34.1 Å². The van der Waals surface area contributed by atoms with Crippen LogP contribution in [0.2, 0.25) is 0 Å². The topological polar surface area (TPSA) is 131 Å². The van der Waals surface area contributed by atoms with Crippen molar-refractivity contribution in [1.29, 1.82) is 0 Å². The zero-order valence-corrected chi connectivity index (χ0v) is 24.8. The van der Waals surface area contributed by atoms with Crippen LogP contribution in [-0.2, 0) is 10.0 Å². The van der Waals surface area contributed by atoms with Crippen LogP contribution in [0.5, 0.6) is 11.6 Å². The van der Waals surface area contributed by atoms with Gasteiger partial charge < -0.3 is 9.84 Å². The third-order valence-corrected chi connectivity index (χ3v) is 10.3. The maximum atomic E-state index is 12.7. The van der Waals surface area contributed by atoms with Gasteiger partial charge in [-0.1, -0.05) is 19.8 Å². The number of Topliss-reactive ketones (excluding diaryl/α,β-unsaturated/α-hetero) is 1. The highest BCUT2D eigenvalue weighted by atomic mass is 32.2. The number of phenolic OH excluding ortho intramolecular Hbond substituents is 1. The number of nitrogens with one attached hydrogen (secondary N) is 1. The molecule has 2 aliphatic rings. The third-order valence-electron chi connectivity index (χ3n) is 7.09. The van der Waals surface area contributed by atoms with Gasteiger partial charge in [-0.2, -0.15) is 20.5 Å². The van der Waals surface area contributed by atoms with Gasteiger partial charge in [0.15, 0.2) is 10.7 Å². The second-order valence-electron chi connectivity index (χ2n) is 10.0. The standard InChI is InChI=1S/C15H21N3O3S2.C12H15NO2S/c1-2-3-10-4-6-11(7-5-10)18-23(20,21)15-13(19)9-8-12-14(15)17-22-16-12;1-9(14)11-3-2-6-13-12(11)15-10-4-7-16-8-5-10/h8-11,18-19H,2-7H2,1H3;2-3,6,10H,4-5,7-8H2,1H3. The summed E-state index contributed by atoms with van der Waals surface area (Å²) in [6.07, 6.45) is 10.1. The Kier molecular flexibility index (Phi) is 10.6. The minimum absolute atomic E-state index is 0.00767. The van der Waals surface area contributed by atoms with Gasteiger partial charge in [-0.25, -0.2) is 18.1 Å². The zero-order valence-electron chi connectivity index (χ0n) is 22.3. The number of benzene rings is 1. The molecule has 0 radical (unpaired) electrons. The largest absolute Gasteiger partial charge is 0.506 e. The lowest BCUT2D eigenvalue weighted by atomic mass is 9.84. The SMILES string of the molecule is CC(=O)c1cccnc1OC1CCSCC1.CCCC1CCC(NS(=O)(=O)c2c(O)ccc3nsnc23)CC1. The van der Waals surface area contributed by atoms with E-state index < -0.39 is 10.0 Å². The summed E-state index contributed by atoms with van der Waals surface area (Å²) in [5.41, 5.74) is 1.31. The van der Waals surface area contributed by atoms with Crippen molar-refractivity contribution in [3.05, 3.63) is 36.0 Å². The van der Waals surface area contributed by atoms with Crippen molar-refractivity contribution in [2.75, 3.05) is 11.5 Å². The number of rotatable bonds is 8. The molecule has 0 atom stereocenters. The van der Waals surface area contributed by atoms with Gasteiger partial charge in [0.2, 0.25) is 15.9 Å². The van der Waals surface area contributed by atoms with E-state index in [1.807, 2.05) is 11.8 Å². The Morgan fingerprint density at radius 1 is 1.10 bits per heavy atom. The number of fused-ring (bicyclic) bond motifs is 1. The molecule has 0 bridgehead atoms. The molecule has 2 fully saturated rings. The molecule has 12 heteroatoms. The number of phenols is 1. The highest BCUT2D eigenvalue weighted by Gasteiger charge is 2.29. The third kappa shape index (κ3) is 7.90. The summed E-state index contributed by atoms with van der Waals surface area (Å²) in [5.74, 6) is 3.19. The van der Waals surface area contributed by atoms with Crippen molar-refractivity contribution in [3.63, 3.8) is 0 Å². The summed E-state index contributed by atoms with van der Waals surface area (Å²) < 4.78 is 42.0. The number of pyridine rings is 1. The molecule has 0 unspecified atom stereocenters. The van der Waals surface area contributed by atoms with Crippen LogP contribution in [0.1, 0.15) is 75.6 Å². The summed E-state index contributed by atoms with van der Waals surface area (Å²) in [7, 11) is -3.81. The quantitative estimate of drug-likeness (QED) is 0.321. The van der Waals surface area contributed by atoms with Crippen LogP contribution in [0.25, 0.3) is 11.0 Å². The highest BCUT2D eigenvalue weighted by Crippen LogP contribution is 2.33. The number of nitrogens with zero attached hydrogens (tertiary/aromatic N) is 3. The van der Waals surface area contributed by atoms with Crippen molar-refractivity contribution < 1.29 is 23.1 Å². The molecule has 0 spiro atoms. The van der Waals surface area contributed by atoms with Crippen LogP contribution >= 0.6 is 23.5 Å². The fraction of sp³-hybridized carbons (Fsp3) is 0.556. The number of sulfonamides is 1. The molecule has 2 aromatic heterocycles. The van der Waals surface area contributed by atoms with E-state index in [2.05, 4.69) is 25.4 Å². The molecule has 5 rings (SSSR count). The summed E-state index contributed by atoms with van der Waals surface area (Å²) in [6.45, 7) is 3.72. The van der Waals surface area contributed by atoms with E-state index in [9.17, 15) is 18.3 Å². The molecular weight excluding hydrogens is 557 g/mol. The van der Waals surface area contributed by atoms with Crippen LogP contribution in [0.3, 0.4) is 0 Å². The summed E-state index contributed by atoms with van der Waals surface area (Å²) in [4.78, 5) is 15.4. The van der Waals surface area contributed by atoms with E-state index >= 15 is 0 Å². The van der Waals surface area contributed by atoms with E-state index in [1.54, 1.807) is 31.3 Å². The van der Waals surface area contributed by atoms with Crippen molar-refractivity contribution in [3.8, 4) is 11.6 Å². The van der Waals surface area contributed by atoms with E-state index in [0.717, 1.165) is 61.8 Å². The van der Waals surface area contributed by atoms with Gasteiger partial charge in [0.1, 0.15) is 22.9 Å². The fourth-order valence-electron chi connectivity index (χ4n) is 5.04. The first kappa shape index (κ1) is 29.7. The number of aromatic nitrogens is 3. The maximum Gasteiger partial charge on any atom is 0.246 e. The predicted octanol–water partition coefficient (Wildman–Crippen LogP) is 5.59. The number of hydrogen-bond acceptors (Lipinski definition) is 10. The van der Waals surface area contributed by atoms with Crippen LogP contribution in [0.15, 0.2) is 35.4 Å². The normalized spacial score (nSPS) is 20.3. The Morgan fingerprint density at radius 3 is 2.54 bits per heavy atom. The van der Waals surface area contributed by atoms with Crippen molar-refractivity contribution in [2.45, 2.75) is 82.3 Å². The van der Waals surface area contributed by atoms with Crippen LogP contribution < -0.4 is 9.46 Å². The number of hydrogen-bond donors (Lipinski definition) is 2. The average Bonchev–Trinajstić information content (AvgIpc) is 3.39. The molecule has 1 aliphatic heterocycles. The first-order valence-electron chi connectivity index (χ1n) is 13.5. The number of carbonyl (C=O) groups excluding carboxylic acids is 1. The molecule has 39 heavy (non-hydrogen) atoms. The molecule has 3 heterocycles. The molecule has 1 saturated heterocycles. The first-order valence-corrected chi connectivity index (χ1v) is 16.8. The number of aromatic hydroxyl groups is 1. The zero-order chi connectivity index (χ0) is 27.8. The number of thioether (sulfide) groups is 1. The van der Waals surface area contributed by atoms with Crippen molar-refractivity contribution in [2.24, 2.45) is 5.92 Å². The lowest BCUT2D eigenvalue weighted by molar-refractivity contribution is 0.100. The van der Waals surface area contributed by atoms with Gasteiger partial charge in [0, 0.05) is 12.2 Å². The molecule has 1 aromatic carbocycles. The minimum Gasteiger partial charge on any atom is -0.506 e. The second kappa shape index (κ2) is 13.9. The summed E-state index contributed by atoms with van der Waals surface area (Å²) in [5, 5.41) is 10.0. The highest BCUT2D eigenvalue weighted by molar-refractivity contribution is 7.99. The van der Waals surface area contributed by atoms with Gasteiger partial charge in [-0.15, -0.1) is 0 Å². The number of carbonyl (C=O) groups is 1. The van der Waals surface area contributed by atoms with Gasteiger partial charge in [-0.3, -0.25) is 4.79 Å². The molecule has 0 amide bonds. The Balaban J connectivity index is 0.000000193. The Hall–Kier alpha value is -2.28. The monoisotopic (exact) mass is 592 g/mol. The van der Waals surface area contributed by atoms with E-state index in [4.69, 9.17) is 4.74 Å². The molecule has 9 nitrogen and oxygen atoms in total. The Labute approximate surface area is 238 Å². The lowest BCUT2D eigenvalue weighted by Gasteiger charge is -2.28. The first-order chi connectivity index (χ1) is 18.8. The van der Waals surface area contributed by atoms with Crippen LogP contribution in [0, 0.1) is 5.92 Å². The molecular formula is C27H36N4O5S3. The molecule has 1 saturated carbocycles. The summed E-state index contributed by atoms with van der Waals surface area (Å²) in [6, 6.07) is 6.39. The smallest absolute Gasteiger partial charge is 0.246 e. The lowest BCUT2D eigenvalue weighted by Crippen LogP contribution is -2.37. The van der Waals surface area contributed by atoms with Crippen molar-refractivity contribution in [1.82, 2.24) is 18.5 Å². The molecule has 3 aromatic rings. The Bertz CT molecular complexity index is 1350. The maximum absolute atomic E-state index is 12.7. The number of ketones is 1. The van der Waals surface area contributed by atoms with Crippen LogP contribution in [0.4, 0.5) is 0 Å². The fourth-order valence-corrected chi connectivity index (χ4v) is 8.25.